The van der Waals surface area contributed by atoms with Gasteiger partial charge >= 0.3 is 5.97 Å². The van der Waals surface area contributed by atoms with E-state index in [9.17, 15) is 9.59 Å². The number of unbranched alkanes of at least 4 members (excludes halogenated alkanes) is 1. The molecule has 0 aliphatic rings. The zero-order chi connectivity index (χ0) is 15.8. The zero-order valence-corrected chi connectivity index (χ0v) is 13.9. The Balaban J connectivity index is 2.61. The molecule has 0 saturated carbocycles. The number of carbonyl (C=O) groups is 2. The van der Waals surface area contributed by atoms with Gasteiger partial charge in [0.15, 0.2) is 16.6 Å². The van der Waals surface area contributed by atoms with E-state index in [4.69, 9.17) is 4.74 Å². The van der Waals surface area contributed by atoms with Gasteiger partial charge in [-0.15, -0.1) is 0 Å². The Kier molecular flexibility index (Phi) is 7.31. The van der Waals surface area contributed by atoms with Crippen LogP contribution in [-0.4, -0.2) is 55.4 Å². The number of aromatic nitrogens is 1. The maximum atomic E-state index is 11.8. The van der Waals surface area contributed by atoms with Crippen LogP contribution in [0.15, 0.2) is 0 Å². The second kappa shape index (κ2) is 8.74. The molecule has 0 aliphatic heterocycles. The molecule has 0 aromatic carbocycles. The lowest BCUT2D eigenvalue weighted by molar-refractivity contribution is 0.0517. The highest BCUT2D eigenvalue weighted by Gasteiger charge is 2.22. The van der Waals surface area contributed by atoms with Crippen molar-refractivity contribution < 1.29 is 14.3 Å². The van der Waals surface area contributed by atoms with Crippen molar-refractivity contribution in [2.24, 2.45) is 0 Å². The number of esters is 1. The van der Waals surface area contributed by atoms with Crippen molar-refractivity contribution in [2.45, 2.75) is 26.7 Å². The minimum absolute atomic E-state index is 0.116. The number of nitrogens with one attached hydrogen (secondary N) is 1. The van der Waals surface area contributed by atoms with Crippen LogP contribution in [0.3, 0.4) is 0 Å². The van der Waals surface area contributed by atoms with Crippen LogP contribution in [0.2, 0.25) is 0 Å². The molecule has 0 saturated heterocycles. The molecule has 0 spiro atoms. The molecule has 1 rings (SSSR count). The fourth-order valence-electron chi connectivity index (χ4n) is 1.72. The summed E-state index contributed by atoms with van der Waals surface area (Å²) in [5.74, 6) is -0.712. The van der Waals surface area contributed by atoms with E-state index in [2.05, 4.69) is 15.2 Å². The molecule has 6 nitrogen and oxygen atoms in total. The fraction of sp³-hybridized carbons (Fsp3) is 0.643. The number of nitrogens with zero attached hydrogens (tertiary/aromatic N) is 2. The summed E-state index contributed by atoms with van der Waals surface area (Å²) in [5.41, 5.74) is 0.116. The van der Waals surface area contributed by atoms with Gasteiger partial charge in [0.05, 0.1) is 6.61 Å². The topological polar surface area (TPSA) is 71.5 Å². The highest BCUT2D eigenvalue weighted by molar-refractivity contribution is 7.17. The summed E-state index contributed by atoms with van der Waals surface area (Å²) in [6.45, 7) is 5.22. The summed E-state index contributed by atoms with van der Waals surface area (Å²) >= 11 is 1.20. The quantitative estimate of drug-likeness (QED) is 0.428. The molecule has 0 atom stereocenters. The lowest BCUT2D eigenvalue weighted by Crippen LogP contribution is -2.14. The van der Waals surface area contributed by atoms with Crippen LogP contribution < -0.4 is 5.32 Å². The van der Waals surface area contributed by atoms with Crippen LogP contribution in [0, 0.1) is 0 Å². The third kappa shape index (κ3) is 5.81. The van der Waals surface area contributed by atoms with Crippen LogP contribution in [0.5, 0.6) is 0 Å². The minimum Gasteiger partial charge on any atom is -0.461 e. The maximum Gasteiger partial charge on any atom is 0.358 e. The molecule has 1 N–H and O–H groups in total. The number of anilines is 1. The lowest BCUT2D eigenvalue weighted by atomic mass is 10.3. The fourth-order valence-corrected chi connectivity index (χ4v) is 2.59. The van der Waals surface area contributed by atoms with Crippen LogP contribution in [-0.2, 0) is 4.74 Å². The first-order valence-electron chi connectivity index (χ1n) is 7.03. The van der Waals surface area contributed by atoms with Crippen molar-refractivity contribution in [3.63, 3.8) is 0 Å². The summed E-state index contributed by atoms with van der Waals surface area (Å²) in [6.07, 6.45) is 2.08. The number of hydrogen-bond donors (Lipinski definition) is 1. The monoisotopic (exact) mass is 313 g/mol. The zero-order valence-electron chi connectivity index (χ0n) is 13.1. The molecule has 0 amide bonds. The Labute approximate surface area is 129 Å². The van der Waals surface area contributed by atoms with Gasteiger partial charge in [-0.1, -0.05) is 11.3 Å². The van der Waals surface area contributed by atoms with E-state index >= 15 is 0 Å². The molecule has 0 fully saturated rings. The van der Waals surface area contributed by atoms with E-state index in [0.717, 1.165) is 25.9 Å². The average molecular weight is 313 g/mol. The summed E-state index contributed by atoms with van der Waals surface area (Å²) < 4.78 is 4.92. The molecule has 21 heavy (non-hydrogen) atoms. The van der Waals surface area contributed by atoms with E-state index in [-0.39, 0.29) is 18.1 Å². The van der Waals surface area contributed by atoms with Gasteiger partial charge in [0.2, 0.25) is 0 Å². The number of hydrogen-bond acceptors (Lipinski definition) is 7. The van der Waals surface area contributed by atoms with E-state index < -0.39 is 5.97 Å². The van der Waals surface area contributed by atoms with Crippen LogP contribution in [0.25, 0.3) is 0 Å². The second-order valence-corrected chi connectivity index (χ2v) is 5.91. The first kappa shape index (κ1) is 17.6. The molecule has 0 aliphatic carbocycles. The summed E-state index contributed by atoms with van der Waals surface area (Å²) in [4.78, 5) is 30.0. The lowest BCUT2D eigenvalue weighted by Gasteiger charge is -2.08. The van der Waals surface area contributed by atoms with Crippen molar-refractivity contribution in [3.05, 3.63) is 10.6 Å². The predicted octanol–water partition coefficient (Wildman–Crippen LogP) is 2.28. The Hall–Kier alpha value is -1.47. The van der Waals surface area contributed by atoms with Gasteiger partial charge in [0, 0.05) is 13.5 Å². The molecular formula is C14H23N3O3S. The number of ether oxygens (including phenoxy) is 1. The minimum atomic E-state index is -0.542. The van der Waals surface area contributed by atoms with Gasteiger partial charge in [-0.05, 0) is 40.4 Å². The molecular weight excluding hydrogens is 290 g/mol. The van der Waals surface area contributed by atoms with Gasteiger partial charge in [-0.3, -0.25) is 4.79 Å². The largest absolute Gasteiger partial charge is 0.461 e. The summed E-state index contributed by atoms with van der Waals surface area (Å²) in [7, 11) is 4.08. The Bertz CT molecular complexity index is 486. The summed E-state index contributed by atoms with van der Waals surface area (Å²) in [5, 5.41) is 3.75. The van der Waals surface area contributed by atoms with E-state index in [0.29, 0.717) is 10.0 Å². The molecule has 1 heterocycles. The van der Waals surface area contributed by atoms with Crippen molar-refractivity contribution >= 4 is 28.2 Å². The van der Waals surface area contributed by atoms with Gasteiger partial charge in [0.25, 0.3) is 0 Å². The SMILES string of the molecule is CCOC(=O)c1nc(NCCCCN(C)C)sc1C(C)=O. The van der Waals surface area contributed by atoms with Crippen LogP contribution in [0.4, 0.5) is 5.13 Å². The molecule has 1 aromatic heterocycles. The van der Waals surface area contributed by atoms with E-state index in [1.165, 1.54) is 18.3 Å². The smallest absolute Gasteiger partial charge is 0.358 e. The van der Waals surface area contributed by atoms with Crippen LogP contribution >= 0.6 is 11.3 Å². The molecule has 118 valence electrons. The highest BCUT2D eigenvalue weighted by Crippen LogP contribution is 2.24. The van der Waals surface area contributed by atoms with Crippen molar-refractivity contribution in [1.29, 1.82) is 0 Å². The molecule has 1 aromatic rings. The third-order valence-corrected chi connectivity index (χ3v) is 3.84. The molecule has 0 unspecified atom stereocenters. The predicted molar refractivity (Wildman–Crippen MR) is 84.4 cm³/mol. The standard InChI is InChI=1S/C14H23N3O3S/c1-5-20-13(19)11-12(10(2)18)21-14(16-11)15-8-6-7-9-17(3)4/h5-9H2,1-4H3,(H,15,16). The molecule has 0 bridgehead atoms. The van der Waals surface area contributed by atoms with Gasteiger partial charge in [-0.25, -0.2) is 9.78 Å². The van der Waals surface area contributed by atoms with Gasteiger partial charge in [0.1, 0.15) is 4.88 Å². The highest BCUT2D eigenvalue weighted by atomic mass is 32.1. The Morgan fingerprint density at radius 3 is 2.62 bits per heavy atom. The second-order valence-electron chi connectivity index (χ2n) is 4.91. The Morgan fingerprint density at radius 1 is 1.33 bits per heavy atom. The first-order chi connectivity index (χ1) is 9.95. The van der Waals surface area contributed by atoms with E-state index in [1.54, 1.807) is 6.92 Å². The van der Waals surface area contributed by atoms with Gasteiger partial charge < -0.3 is 15.0 Å². The maximum absolute atomic E-state index is 11.8. The number of thiazole rings is 1. The van der Waals surface area contributed by atoms with Crippen molar-refractivity contribution in [3.8, 4) is 0 Å². The number of rotatable bonds is 9. The number of Topliss-reactive ketones (excluding diaryl/α,β-unsaturated/α-hetero) is 1. The average Bonchev–Trinajstić information content (AvgIpc) is 2.82. The first-order valence-corrected chi connectivity index (χ1v) is 7.84. The number of ketones is 1. The summed E-state index contributed by atoms with van der Waals surface area (Å²) in [6, 6.07) is 0. The van der Waals surface area contributed by atoms with Crippen LogP contribution in [0.1, 0.15) is 46.8 Å². The molecule has 7 heteroatoms. The van der Waals surface area contributed by atoms with Gasteiger partial charge in [-0.2, -0.15) is 0 Å². The molecule has 0 radical (unpaired) electrons. The van der Waals surface area contributed by atoms with Crippen molar-refractivity contribution in [1.82, 2.24) is 9.88 Å². The Morgan fingerprint density at radius 2 is 2.05 bits per heavy atom. The van der Waals surface area contributed by atoms with Crippen molar-refractivity contribution in [2.75, 3.05) is 39.1 Å². The normalized spacial score (nSPS) is 10.7. The third-order valence-electron chi connectivity index (χ3n) is 2.72. The number of carbonyl (C=O) groups excluding carboxylic acids is 2. The van der Waals surface area contributed by atoms with E-state index in [1.807, 2.05) is 14.1 Å².